The summed E-state index contributed by atoms with van der Waals surface area (Å²) in [5, 5.41) is 13.6. The van der Waals surface area contributed by atoms with Crippen LogP contribution in [-0.4, -0.2) is 34.4 Å². The Morgan fingerprint density at radius 1 is 0.971 bits per heavy atom. The summed E-state index contributed by atoms with van der Waals surface area (Å²) in [4.78, 5) is 25.3. The van der Waals surface area contributed by atoms with Crippen molar-refractivity contribution in [3.05, 3.63) is 84.2 Å². The first-order valence-corrected chi connectivity index (χ1v) is 11.7. The van der Waals surface area contributed by atoms with Gasteiger partial charge < -0.3 is 19.8 Å². The Hall–Kier alpha value is -4.18. The zero-order chi connectivity index (χ0) is 24.6. The Morgan fingerprint density at radius 3 is 2.46 bits per heavy atom. The summed E-state index contributed by atoms with van der Waals surface area (Å²) < 4.78 is 24.0. The molecule has 2 N–H and O–H groups in total. The minimum Gasteiger partial charge on any atom is -0.494 e. The fraction of sp³-hybridized carbons (Fsp3) is 0.120. The lowest BCUT2D eigenvalue weighted by Gasteiger charge is -2.11. The molecule has 0 aliphatic heterocycles. The highest BCUT2D eigenvalue weighted by Gasteiger charge is 2.15. The Morgan fingerprint density at radius 2 is 1.71 bits per heavy atom. The molecule has 0 aliphatic carbocycles. The molecule has 0 saturated heterocycles. The number of carbonyl (C=O) groups is 2. The molecule has 0 saturated carbocycles. The molecular formula is C25H21FN4O4S. The highest BCUT2D eigenvalue weighted by atomic mass is 32.2. The molecule has 2 amide bonds. The average molecular weight is 493 g/mol. The van der Waals surface area contributed by atoms with Crippen LogP contribution < -0.4 is 15.4 Å². The summed E-state index contributed by atoms with van der Waals surface area (Å²) in [6.07, 6.45) is 0. The quantitative estimate of drug-likeness (QED) is 0.307. The first-order valence-electron chi connectivity index (χ1n) is 10.7. The van der Waals surface area contributed by atoms with Crippen LogP contribution in [0.3, 0.4) is 0 Å². The van der Waals surface area contributed by atoms with Gasteiger partial charge in [0.1, 0.15) is 11.6 Å². The van der Waals surface area contributed by atoms with Gasteiger partial charge in [-0.15, -0.1) is 10.2 Å². The van der Waals surface area contributed by atoms with E-state index >= 15 is 0 Å². The number of anilines is 2. The standard InChI is InChI=1S/C25H21FN4O4S/c1-2-33-19-13-11-18(12-14-19)27-23(32)20-5-3-4-6-21(20)28-22(31)15-35-25-30-29-24(34-25)16-7-9-17(26)10-8-16/h3-14H,2,15H2,1H3,(H,27,32)(H,28,31). The number of rotatable bonds is 9. The van der Waals surface area contributed by atoms with Gasteiger partial charge in [0.2, 0.25) is 11.8 Å². The number of hydrogen-bond donors (Lipinski definition) is 2. The second kappa shape index (κ2) is 11.3. The van der Waals surface area contributed by atoms with E-state index in [4.69, 9.17) is 9.15 Å². The number of benzene rings is 3. The van der Waals surface area contributed by atoms with Gasteiger partial charge in [-0.05, 0) is 67.6 Å². The van der Waals surface area contributed by atoms with Crippen molar-refractivity contribution in [3.63, 3.8) is 0 Å². The summed E-state index contributed by atoms with van der Waals surface area (Å²) in [5.74, 6) is -0.157. The van der Waals surface area contributed by atoms with Gasteiger partial charge in [0.05, 0.1) is 23.6 Å². The molecule has 10 heteroatoms. The van der Waals surface area contributed by atoms with Gasteiger partial charge in [0.25, 0.3) is 11.1 Å². The first-order chi connectivity index (χ1) is 17.0. The monoisotopic (exact) mass is 492 g/mol. The van der Waals surface area contributed by atoms with Gasteiger partial charge in [-0.1, -0.05) is 23.9 Å². The number of carbonyl (C=O) groups excluding carboxylic acids is 2. The van der Waals surface area contributed by atoms with Crippen LogP contribution in [0, 0.1) is 5.82 Å². The smallest absolute Gasteiger partial charge is 0.277 e. The minimum atomic E-state index is -0.368. The van der Waals surface area contributed by atoms with Gasteiger partial charge in [-0.25, -0.2) is 4.39 Å². The largest absolute Gasteiger partial charge is 0.494 e. The molecule has 35 heavy (non-hydrogen) atoms. The zero-order valence-corrected chi connectivity index (χ0v) is 19.5. The number of halogens is 1. The van der Waals surface area contributed by atoms with Crippen molar-refractivity contribution >= 4 is 35.0 Å². The van der Waals surface area contributed by atoms with E-state index in [0.717, 1.165) is 11.8 Å². The lowest BCUT2D eigenvalue weighted by Crippen LogP contribution is -2.19. The first kappa shape index (κ1) is 24.0. The SMILES string of the molecule is CCOc1ccc(NC(=O)c2ccccc2NC(=O)CSc2nnc(-c3ccc(F)cc3)o2)cc1. The van der Waals surface area contributed by atoms with Crippen LogP contribution >= 0.6 is 11.8 Å². The van der Waals surface area contributed by atoms with Gasteiger partial charge in [0, 0.05) is 11.3 Å². The third kappa shape index (κ3) is 6.45. The van der Waals surface area contributed by atoms with Crippen molar-refractivity contribution in [2.75, 3.05) is 23.0 Å². The maximum Gasteiger partial charge on any atom is 0.277 e. The molecule has 4 rings (SSSR count). The van der Waals surface area contributed by atoms with Gasteiger partial charge in [-0.2, -0.15) is 0 Å². The van der Waals surface area contributed by atoms with Crippen molar-refractivity contribution in [2.24, 2.45) is 0 Å². The van der Waals surface area contributed by atoms with Crippen LogP contribution in [0.1, 0.15) is 17.3 Å². The van der Waals surface area contributed by atoms with E-state index in [1.807, 2.05) is 6.92 Å². The molecule has 0 bridgehead atoms. The highest BCUT2D eigenvalue weighted by molar-refractivity contribution is 7.99. The van der Waals surface area contributed by atoms with Crippen LogP contribution in [0.15, 0.2) is 82.4 Å². The number of para-hydroxylation sites is 1. The predicted molar refractivity (Wildman–Crippen MR) is 131 cm³/mol. The van der Waals surface area contributed by atoms with Crippen LogP contribution in [0.2, 0.25) is 0 Å². The normalized spacial score (nSPS) is 10.6. The molecule has 1 aromatic heterocycles. The Balaban J connectivity index is 1.35. The molecule has 0 spiro atoms. The van der Waals surface area contributed by atoms with Gasteiger partial charge in [0.15, 0.2) is 0 Å². The molecule has 0 fully saturated rings. The number of nitrogens with zero attached hydrogens (tertiary/aromatic N) is 2. The molecule has 0 radical (unpaired) electrons. The van der Waals surface area contributed by atoms with Crippen LogP contribution in [-0.2, 0) is 4.79 Å². The maximum absolute atomic E-state index is 13.1. The number of nitrogens with one attached hydrogen (secondary N) is 2. The van der Waals surface area contributed by atoms with E-state index in [2.05, 4.69) is 20.8 Å². The topological polar surface area (TPSA) is 106 Å². The molecule has 0 atom stereocenters. The molecule has 4 aromatic rings. The molecular weight excluding hydrogens is 471 g/mol. The predicted octanol–water partition coefficient (Wildman–Crippen LogP) is 5.26. The van der Waals surface area contributed by atoms with E-state index in [9.17, 15) is 14.0 Å². The van der Waals surface area contributed by atoms with Gasteiger partial charge in [-0.3, -0.25) is 9.59 Å². The third-order valence-corrected chi connectivity index (χ3v) is 5.51. The molecule has 1 heterocycles. The van der Waals surface area contributed by atoms with E-state index in [1.165, 1.54) is 24.3 Å². The number of amides is 2. The van der Waals surface area contributed by atoms with Crippen molar-refractivity contribution in [3.8, 4) is 17.2 Å². The van der Waals surface area contributed by atoms with Crippen molar-refractivity contribution in [1.82, 2.24) is 10.2 Å². The van der Waals surface area contributed by atoms with E-state index < -0.39 is 0 Å². The summed E-state index contributed by atoms with van der Waals surface area (Å²) in [6, 6.07) is 19.4. The minimum absolute atomic E-state index is 0.0140. The fourth-order valence-corrected chi connectivity index (χ4v) is 3.64. The zero-order valence-electron chi connectivity index (χ0n) is 18.7. The summed E-state index contributed by atoms with van der Waals surface area (Å²) in [6.45, 7) is 2.45. The van der Waals surface area contributed by atoms with Crippen molar-refractivity contribution < 1.29 is 23.1 Å². The molecule has 8 nitrogen and oxygen atoms in total. The van der Waals surface area contributed by atoms with Crippen molar-refractivity contribution in [2.45, 2.75) is 12.1 Å². The number of thioether (sulfide) groups is 1. The lowest BCUT2D eigenvalue weighted by atomic mass is 10.1. The molecule has 0 aliphatic rings. The Kier molecular flexibility index (Phi) is 7.74. The summed E-state index contributed by atoms with van der Waals surface area (Å²) in [5.41, 5.74) is 1.86. The van der Waals surface area contributed by atoms with Crippen LogP contribution in [0.5, 0.6) is 5.75 Å². The van der Waals surface area contributed by atoms with Crippen molar-refractivity contribution in [1.29, 1.82) is 0 Å². The van der Waals surface area contributed by atoms with Crippen LogP contribution in [0.25, 0.3) is 11.5 Å². The van der Waals surface area contributed by atoms with E-state index in [0.29, 0.717) is 34.9 Å². The maximum atomic E-state index is 13.1. The van der Waals surface area contributed by atoms with E-state index in [-0.39, 0.29) is 34.5 Å². The number of aromatic nitrogens is 2. The number of ether oxygens (including phenoxy) is 1. The fourth-order valence-electron chi connectivity index (χ4n) is 3.08. The lowest BCUT2D eigenvalue weighted by molar-refractivity contribution is -0.113. The second-order valence-corrected chi connectivity index (χ2v) is 8.10. The Labute approximate surface area is 204 Å². The Bertz CT molecular complexity index is 1310. The highest BCUT2D eigenvalue weighted by Crippen LogP contribution is 2.24. The van der Waals surface area contributed by atoms with Crippen LogP contribution in [0.4, 0.5) is 15.8 Å². The molecule has 178 valence electrons. The summed E-state index contributed by atoms with van der Waals surface area (Å²) >= 11 is 1.05. The van der Waals surface area contributed by atoms with E-state index in [1.54, 1.807) is 48.5 Å². The number of hydrogen-bond acceptors (Lipinski definition) is 7. The van der Waals surface area contributed by atoms with Gasteiger partial charge >= 0.3 is 0 Å². The summed E-state index contributed by atoms with van der Waals surface area (Å²) in [7, 11) is 0. The second-order valence-electron chi connectivity index (χ2n) is 7.17. The molecule has 0 unspecified atom stereocenters. The average Bonchev–Trinajstić information content (AvgIpc) is 3.34. The molecule has 3 aromatic carbocycles. The third-order valence-electron chi connectivity index (χ3n) is 4.69.